The molecular formula is C16H23NO4. The molecule has 0 bridgehead atoms. The second-order valence-corrected chi connectivity index (χ2v) is 5.55. The Morgan fingerprint density at radius 2 is 1.90 bits per heavy atom. The lowest BCUT2D eigenvalue weighted by Crippen LogP contribution is -3.15. The minimum Gasteiger partial charge on any atom is -0.544 e. The summed E-state index contributed by atoms with van der Waals surface area (Å²) in [4.78, 5) is 12.1. The fourth-order valence-corrected chi connectivity index (χ4v) is 3.12. The highest BCUT2D eigenvalue weighted by molar-refractivity contribution is 5.65. The van der Waals surface area contributed by atoms with Crippen molar-refractivity contribution in [3.63, 3.8) is 0 Å². The third-order valence-corrected chi connectivity index (χ3v) is 4.18. The summed E-state index contributed by atoms with van der Waals surface area (Å²) in [5.41, 5.74) is 1.05. The lowest BCUT2D eigenvalue weighted by molar-refractivity contribution is -0.932. The number of quaternary nitrogens is 1. The average Bonchev–Trinajstić information content (AvgIpc) is 3.00. The zero-order valence-electron chi connectivity index (χ0n) is 12.7. The molecule has 1 atom stereocenters. The molecule has 0 amide bonds. The molecule has 1 aliphatic rings. The van der Waals surface area contributed by atoms with E-state index in [1.807, 2.05) is 18.2 Å². The van der Waals surface area contributed by atoms with Crippen LogP contribution < -0.4 is 19.5 Å². The van der Waals surface area contributed by atoms with Crippen LogP contribution in [0.3, 0.4) is 0 Å². The molecule has 5 nitrogen and oxygen atoms in total. The van der Waals surface area contributed by atoms with Crippen molar-refractivity contribution >= 4 is 5.97 Å². The molecule has 1 fully saturated rings. The Bertz CT molecular complexity index is 483. The van der Waals surface area contributed by atoms with Gasteiger partial charge in [0, 0.05) is 5.56 Å². The van der Waals surface area contributed by atoms with E-state index in [2.05, 4.69) is 0 Å². The van der Waals surface area contributed by atoms with E-state index >= 15 is 0 Å². The topological polar surface area (TPSA) is 63.0 Å². The number of aliphatic carboxylic acids is 1. The summed E-state index contributed by atoms with van der Waals surface area (Å²) < 4.78 is 10.5. The SMILES string of the molecule is COc1ccc(C[NH+](CC(=O)[O-])C2CCCC2)cc1OC. The van der Waals surface area contributed by atoms with Crippen molar-refractivity contribution in [2.45, 2.75) is 38.3 Å². The van der Waals surface area contributed by atoms with E-state index in [0.29, 0.717) is 24.1 Å². The van der Waals surface area contributed by atoms with Crippen LogP contribution >= 0.6 is 0 Å². The summed E-state index contributed by atoms with van der Waals surface area (Å²) in [6.07, 6.45) is 4.56. The molecule has 2 rings (SSSR count). The van der Waals surface area contributed by atoms with Crippen LogP contribution in [-0.2, 0) is 11.3 Å². The molecule has 5 heteroatoms. The van der Waals surface area contributed by atoms with Crippen LogP contribution in [0.25, 0.3) is 0 Å². The summed E-state index contributed by atoms with van der Waals surface area (Å²) in [6, 6.07) is 6.16. The van der Waals surface area contributed by atoms with Gasteiger partial charge in [-0.2, -0.15) is 0 Å². The van der Waals surface area contributed by atoms with Crippen LogP contribution in [-0.4, -0.2) is 32.8 Å². The van der Waals surface area contributed by atoms with Gasteiger partial charge in [-0.3, -0.25) is 0 Å². The van der Waals surface area contributed by atoms with Crippen molar-refractivity contribution in [2.75, 3.05) is 20.8 Å². The third-order valence-electron chi connectivity index (χ3n) is 4.18. The van der Waals surface area contributed by atoms with Crippen LogP contribution in [0.4, 0.5) is 0 Å². The summed E-state index contributed by atoms with van der Waals surface area (Å²) in [6.45, 7) is 0.720. The predicted octanol–water partition coefficient (Wildman–Crippen LogP) is -0.219. The van der Waals surface area contributed by atoms with Crippen molar-refractivity contribution in [1.82, 2.24) is 0 Å². The van der Waals surface area contributed by atoms with Crippen LogP contribution in [0.5, 0.6) is 11.5 Å². The third kappa shape index (κ3) is 4.11. The second kappa shape index (κ2) is 7.31. The lowest BCUT2D eigenvalue weighted by Gasteiger charge is -2.26. The van der Waals surface area contributed by atoms with Gasteiger partial charge in [0.05, 0.1) is 26.2 Å². The number of methoxy groups -OCH3 is 2. The molecule has 116 valence electrons. The Kier molecular flexibility index (Phi) is 5.44. The highest BCUT2D eigenvalue weighted by Crippen LogP contribution is 2.27. The largest absolute Gasteiger partial charge is 0.544 e. The number of nitrogens with one attached hydrogen (secondary N) is 1. The number of carboxylic acid groups (broad SMARTS) is 1. The van der Waals surface area contributed by atoms with Gasteiger partial charge in [-0.1, -0.05) is 0 Å². The zero-order chi connectivity index (χ0) is 15.2. The summed E-state index contributed by atoms with van der Waals surface area (Å²) >= 11 is 0. The Hall–Kier alpha value is -1.75. The van der Waals surface area contributed by atoms with E-state index in [4.69, 9.17) is 9.47 Å². The number of carboxylic acids is 1. The maximum atomic E-state index is 11.0. The van der Waals surface area contributed by atoms with Gasteiger partial charge >= 0.3 is 0 Å². The van der Waals surface area contributed by atoms with E-state index in [1.54, 1.807) is 14.2 Å². The number of hydrogen-bond donors (Lipinski definition) is 1. The summed E-state index contributed by atoms with van der Waals surface area (Å²) in [5.74, 6) is 0.371. The number of carbonyl (C=O) groups is 1. The van der Waals surface area contributed by atoms with Gasteiger partial charge in [-0.05, 0) is 43.9 Å². The molecule has 1 unspecified atom stereocenters. The number of ether oxygens (including phenoxy) is 2. The number of hydrogen-bond acceptors (Lipinski definition) is 4. The van der Waals surface area contributed by atoms with Crippen molar-refractivity contribution in [3.05, 3.63) is 23.8 Å². The van der Waals surface area contributed by atoms with Gasteiger partial charge in [-0.25, -0.2) is 0 Å². The monoisotopic (exact) mass is 293 g/mol. The van der Waals surface area contributed by atoms with E-state index in [1.165, 1.54) is 12.8 Å². The molecule has 1 aliphatic carbocycles. The minimum atomic E-state index is -0.989. The number of benzene rings is 1. The van der Waals surface area contributed by atoms with Crippen LogP contribution in [0, 0.1) is 0 Å². The molecule has 0 aliphatic heterocycles. The van der Waals surface area contributed by atoms with E-state index in [9.17, 15) is 9.90 Å². The Morgan fingerprint density at radius 3 is 2.48 bits per heavy atom. The average molecular weight is 293 g/mol. The molecule has 1 saturated carbocycles. The predicted molar refractivity (Wildman–Crippen MR) is 76.3 cm³/mol. The van der Waals surface area contributed by atoms with Crippen LogP contribution in [0.15, 0.2) is 18.2 Å². The number of rotatable bonds is 7. The first-order chi connectivity index (χ1) is 10.1. The molecule has 0 spiro atoms. The maximum absolute atomic E-state index is 11.0. The van der Waals surface area contributed by atoms with Gasteiger partial charge in [0.25, 0.3) is 0 Å². The highest BCUT2D eigenvalue weighted by atomic mass is 16.5. The Labute approximate surface area is 125 Å². The van der Waals surface area contributed by atoms with Crippen molar-refractivity contribution in [2.24, 2.45) is 0 Å². The second-order valence-electron chi connectivity index (χ2n) is 5.55. The molecule has 1 aromatic carbocycles. The molecule has 0 radical (unpaired) electrons. The Morgan fingerprint density at radius 1 is 1.24 bits per heavy atom. The maximum Gasteiger partial charge on any atom is 0.161 e. The molecule has 1 N–H and O–H groups in total. The fraction of sp³-hybridized carbons (Fsp3) is 0.562. The first kappa shape index (κ1) is 15.6. The van der Waals surface area contributed by atoms with Gasteiger partial charge in [0.15, 0.2) is 11.5 Å². The van der Waals surface area contributed by atoms with Gasteiger partial charge in [0.2, 0.25) is 0 Å². The lowest BCUT2D eigenvalue weighted by atomic mass is 10.1. The van der Waals surface area contributed by atoms with Gasteiger partial charge in [-0.15, -0.1) is 0 Å². The highest BCUT2D eigenvalue weighted by Gasteiger charge is 2.26. The molecule has 1 aromatic rings. The van der Waals surface area contributed by atoms with Crippen molar-refractivity contribution < 1.29 is 24.3 Å². The van der Waals surface area contributed by atoms with Gasteiger partial charge < -0.3 is 24.3 Å². The minimum absolute atomic E-state index is 0.0546. The molecule has 21 heavy (non-hydrogen) atoms. The molecule has 0 aromatic heterocycles. The van der Waals surface area contributed by atoms with Crippen molar-refractivity contribution in [1.29, 1.82) is 0 Å². The van der Waals surface area contributed by atoms with Crippen LogP contribution in [0.1, 0.15) is 31.2 Å². The van der Waals surface area contributed by atoms with E-state index in [-0.39, 0.29) is 6.54 Å². The quantitative estimate of drug-likeness (QED) is 0.755. The summed E-state index contributed by atoms with van der Waals surface area (Å²) in [7, 11) is 3.20. The first-order valence-corrected chi connectivity index (χ1v) is 7.39. The summed E-state index contributed by atoms with van der Waals surface area (Å²) in [5, 5.41) is 11.0. The fourth-order valence-electron chi connectivity index (χ4n) is 3.12. The van der Waals surface area contributed by atoms with E-state index in [0.717, 1.165) is 23.3 Å². The normalized spacial score (nSPS) is 16.7. The first-order valence-electron chi connectivity index (χ1n) is 7.39. The van der Waals surface area contributed by atoms with E-state index < -0.39 is 5.97 Å². The zero-order valence-corrected chi connectivity index (χ0v) is 12.7. The molecule has 0 saturated heterocycles. The van der Waals surface area contributed by atoms with Gasteiger partial charge in [0.1, 0.15) is 13.1 Å². The molecule has 0 heterocycles. The molecular weight excluding hydrogens is 270 g/mol. The van der Waals surface area contributed by atoms with Crippen molar-refractivity contribution in [3.8, 4) is 11.5 Å². The van der Waals surface area contributed by atoms with Crippen LogP contribution in [0.2, 0.25) is 0 Å². The standard InChI is InChI=1S/C16H23NO4/c1-20-14-8-7-12(9-15(14)21-2)10-17(11-16(18)19)13-5-3-4-6-13/h7-9,13H,3-6,10-11H2,1-2H3,(H,18,19). The Balaban J connectivity index is 2.13. The number of carbonyl (C=O) groups excluding carboxylic acids is 1. The smallest absolute Gasteiger partial charge is 0.161 e.